The molecule has 3 heterocycles. The molecule has 0 radical (unpaired) electrons. The summed E-state index contributed by atoms with van der Waals surface area (Å²) in [5.41, 5.74) is 0.870. The highest BCUT2D eigenvalue weighted by Gasteiger charge is 2.55. The van der Waals surface area contributed by atoms with Crippen LogP contribution in [0.1, 0.15) is 31.4 Å². The van der Waals surface area contributed by atoms with E-state index < -0.39 is 26.8 Å². The third-order valence-corrected chi connectivity index (χ3v) is 7.08. The fourth-order valence-corrected chi connectivity index (χ4v) is 4.81. The van der Waals surface area contributed by atoms with Crippen LogP contribution in [0.3, 0.4) is 0 Å². The van der Waals surface area contributed by atoms with Gasteiger partial charge in [-0.2, -0.15) is 4.31 Å². The number of halogens is 1. The molecule has 2 aliphatic rings. The van der Waals surface area contributed by atoms with Gasteiger partial charge in [0.15, 0.2) is 0 Å². The van der Waals surface area contributed by atoms with Crippen molar-refractivity contribution < 1.29 is 18.0 Å². The van der Waals surface area contributed by atoms with Crippen LogP contribution in [0.5, 0.6) is 0 Å². The van der Waals surface area contributed by atoms with E-state index in [-0.39, 0.29) is 19.0 Å². The first-order chi connectivity index (χ1) is 11.2. The number of nitrogens with zero attached hydrogens (tertiary/aromatic N) is 2. The van der Waals surface area contributed by atoms with Gasteiger partial charge in [0.2, 0.25) is 14.9 Å². The number of amides is 3. The van der Waals surface area contributed by atoms with E-state index in [2.05, 4.69) is 10.3 Å². The summed E-state index contributed by atoms with van der Waals surface area (Å²) < 4.78 is 26.8. The van der Waals surface area contributed by atoms with Crippen LogP contribution in [0.2, 0.25) is 5.02 Å². The third-order valence-electron chi connectivity index (χ3n) is 4.49. The van der Waals surface area contributed by atoms with Crippen LogP contribution in [0.15, 0.2) is 18.3 Å². The third kappa shape index (κ3) is 2.76. The van der Waals surface area contributed by atoms with E-state index >= 15 is 0 Å². The minimum Gasteiger partial charge on any atom is -0.310 e. The molecule has 0 spiro atoms. The minimum atomic E-state index is -4.01. The maximum absolute atomic E-state index is 12.8. The molecule has 10 heteroatoms. The lowest BCUT2D eigenvalue weighted by atomic mass is 9.94. The molecule has 1 atom stereocenters. The Hall–Kier alpha value is -1.71. The number of urea groups is 1. The Bertz CT molecular complexity index is 774. The number of nitrogens with one attached hydrogen (secondary N) is 2. The second-order valence-corrected chi connectivity index (χ2v) is 8.74. The Morgan fingerprint density at radius 2 is 1.96 bits per heavy atom. The molecule has 2 fully saturated rings. The Balaban J connectivity index is 1.73. The fraction of sp³-hybridized carbons (Fsp3) is 0.500. The summed E-state index contributed by atoms with van der Waals surface area (Å²) in [6, 6.07) is 2.79. The lowest BCUT2D eigenvalue weighted by Crippen LogP contribution is -2.58. The maximum Gasteiger partial charge on any atom is 0.323 e. The van der Waals surface area contributed by atoms with Crippen molar-refractivity contribution in [3.8, 4) is 0 Å². The number of aromatic nitrogens is 1. The normalized spacial score (nSPS) is 26.2. The lowest BCUT2D eigenvalue weighted by molar-refractivity contribution is -0.121. The van der Waals surface area contributed by atoms with Crippen molar-refractivity contribution in [3.63, 3.8) is 0 Å². The van der Waals surface area contributed by atoms with Gasteiger partial charge in [0.1, 0.15) is 0 Å². The average molecular weight is 373 g/mol. The average Bonchev–Trinajstić information content (AvgIpc) is 2.82. The van der Waals surface area contributed by atoms with Crippen molar-refractivity contribution in [3.05, 3.63) is 29.0 Å². The highest BCUT2D eigenvalue weighted by atomic mass is 35.5. The summed E-state index contributed by atoms with van der Waals surface area (Å²) >= 11 is 5.82. The van der Waals surface area contributed by atoms with Crippen molar-refractivity contribution in [2.24, 2.45) is 0 Å². The van der Waals surface area contributed by atoms with Crippen molar-refractivity contribution >= 4 is 33.6 Å². The molecule has 8 nitrogen and oxygen atoms in total. The molecule has 0 bridgehead atoms. The van der Waals surface area contributed by atoms with Crippen LogP contribution in [0.25, 0.3) is 0 Å². The molecule has 0 saturated carbocycles. The number of pyridine rings is 1. The quantitative estimate of drug-likeness (QED) is 0.763. The molecule has 2 N–H and O–H groups in total. The Morgan fingerprint density at radius 3 is 2.46 bits per heavy atom. The minimum absolute atomic E-state index is 0.133. The molecule has 3 rings (SSSR count). The summed E-state index contributed by atoms with van der Waals surface area (Å²) in [4.78, 5) is 25.5. The molecule has 0 aliphatic carbocycles. The molecule has 2 saturated heterocycles. The van der Waals surface area contributed by atoms with Crippen molar-refractivity contribution in [2.45, 2.75) is 30.6 Å². The Morgan fingerprint density at radius 1 is 1.29 bits per heavy atom. The predicted molar refractivity (Wildman–Crippen MR) is 86.8 cm³/mol. The monoisotopic (exact) mass is 372 g/mol. The van der Waals surface area contributed by atoms with E-state index in [1.165, 1.54) is 11.2 Å². The molecular weight excluding hydrogens is 356 g/mol. The number of hydrogen-bond donors (Lipinski definition) is 2. The summed E-state index contributed by atoms with van der Waals surface area (Å²) in [6.45, 7) is 1.72. The van der Waals surface area contributed by atoms with Crippen molar-refractivity contribution in [1.29, 1.82) is 0 Å². The Labute approximate surface area is 144 Å². The van der Waals surface area contributed by atoms with Gasteiger partial charge in [-0.3, -0.25) is 15.1 Å². The molecule has 3 amide bonds. The summed E-state index contributed by atoms with van der Waals surface area (Å²) in [5.74, 6) is -0.720. The highest BCUT2D eigenvalue weighted by molar-refractivity contribution is 7.91. The molecule has 1 aromatic heterocycles. The molecule has 1 unspecified atom stereocenters. The van der Waals surface area contributed by atoms with Crippen molar-refractivity contribution in [2.75, 3.05) is 13.1 Å². The van der Waals surface area contributed by atoms with Gasteiger partial charge in [-0.25, -0.2) is 13.2 Å². The smallest absolute Gasteiger partial charge is 0.310 e. The largest absolute Gasteiger partial charge is 0.323 e. The molecule has 2 aliphatic heterocycles. The maximum atomic E-state index is 12.8. The van der Waals surface area contributed by atoms with Gasteiger partial charge in [0.25, 0.3) is 5.91 Å². The number of rotatable bonds is 3. The zero-order valence-corrected chi connectivity index (χ0v) is 14.5. The van der Waals surface area contributed by atoms with Crippen LogP contribution in [0.4, 0.5) is 4.79 Å². The van der Waals surface area contributed by atoms with Crippen LogP contribution in [-0.2, 0) is 14.8 Å². The number of carbonyl (C=O) groups is 2. The van der Waals surface area contributed by atoms with Gasteiger partial charge < -0.3 is 5.32 Å². The van der Waals surface area contributed by atoms with Gasteiger partial charge in [-0.05, 0) is 31.9 Å². The topological polar surface area (TPSA) is 108 Å². The fourth-order valence-electron chi connectivity index (χ4n) is 2.99. The van der Waals surface area contributed by atoms with Crippen LogP contribution in [0, 0.1) is 0 Å². The SMILES string of the molecule is CC1(S(=O)(=O)N2CCC(c3ccc(Cl)cn3)CC2)NC(=O)NC1=O. The Kier molecular flexibility index (Phi) is 4.27. The van der Waals surface area contributed by atoms with Crippen LogP contribution in [-0.4, -0.2) is 47.6 Å². The van der Waals surface area contributed by atoms with E-state index in [0.29, 0.717) is 17.9 Å². The number of imide groups is 1. The van der Waals surface area contributed by atoms with Gasteiger partial charge in [0, 0.05) is 30.9 Å². The lowest BCUT2D eigenvalue weighted by Gasteiger charge is -2.35. The number of piperidine rings is 1. The van der Waals surface area contributed by atoms with Crippen molar-refractivity contribution in [1.82, 2.24) is 19.9 Å². The predicted octanol–water partition coefficient (Wildman–Crippen LogP) is 0.800. The first kappa shape index (κ1) is 17.1. The zero-order chi connectivity index (χ0) is 17.5. The first-order valence-corrected chi connectivity index (χ1v) is 9.30. The number of hydrogen-bond acceptors (Lipinski definition) is 5. The second-order valence-electron chi connectivity index (χ2n) is 6.02. The molecule has 1 aromatic rings. The molecular formula is C14H17ClN4O4S. The van der Waals surface area contributed by atoms with Gasteiger partial charge in [0.05, 0.1) is 5.02 Å². The van der Waals surface area contributed by atoms with Gasteiger partial charge in [-0.1, -0.05) is 11.6 Å². The zero-order valence-electron chi connectivity index (χ0n) is 13.0. The second kappa shape index (κ2) is 5.98. The summed E-state index contributed by atoms with van der Waals surface area (Å²) in [7, 11) is -4.01. The van der Waals surface area contributed by atoms with Crippen LogP contribution < -0.4 is 10.6 Å². The standard InChI is InChI=1S/C14H17ClN4O4S/c1-14(12(20)17-13(21)18-14)24(22,23)19-6-4-9(5-7-19)11-3-2-10(15)8-16-11/h2-3,8-9H,4-7H2,1H3,(H2,17,18,20,21). The number of carbonyl (C=O) groups excluding carboxylic acids is 2. The molecule has 0 aromatic carbocycles. The van der Waals surface area contributed by atoms with E-state index in [4.69, 9.17) is 11.6 Å². The highest BCUT2D eigenvalue weighted by Crippen LogP contribution is 2.31. The number of sulfonamides is 1. The summed E-state index contributed by atoms with van der Waals surface area (Å²) in [6.07, 6.45) is 2.73. The molecule has 24 heavy (non-hydrogen) atoms. The summed E-state index contributed by atoms with van der Waals surface area (Å²) in [5, 5.41) is 4.74. The first-order valence-electron chi connectivity index (χ1n) is 7.49. The molecule has 130 valence electrons. The van der Waals surface area contributed by atoms with E-state index in [1.54, 1.807) is 12.3 Å². The van der Waals surface area contributed by atoms with E-state index in [0.717, 1.165) is 5.69 Å². The van der Waals surface area contributed by atoms with Gasteiger partial charge >= 0.3 is 6.03 Å². The van der Waals surface area contributed by atoms with Crippen LogP contribution >= 0.6 is 11.6 Å². The van der Waals surface area contributed by atoms with E-state index in [9.17, 15) is 18.0 Å². The van der Waals surface area contributed by atoms with E-state index in [1.807, 2.05) is 11.4 Å². The van der Waals surface area contributed by atoms with Gasteiger partial charge in [-0.15, -0.1) is 0 Å².